The van der Waals surface area contributed by atoms with E-state index in [0.717, 1.165) is 6.08 Å². The summed E-state index contributed by atoms with van der Waals surface area (Å²) in [7, 11) is 0. The summed E-state index contributed by atoms with van der Waals surface area (Å²) >= 11 is 0. The van der Waals surface area contributed by atoms with Crippen molar-refractivity contribution in [3.05, 3.63) is 12.7 Å². The van der Waals surface area contributed by atoms with Crippen LogP contribution in [0.4, 0.5) is 0 Å². The van der Waals surface area contributed by atoms with Crippen molar-refractivity contribution in [2.45, 2.75) is 0 Å². The zero-order chi connectivity index (χ0) is 3.41. The van der Waals surface area contributed by atoms with Gasteiger partial charge in [0.2, 0.25) is 0 Å². The van der Waals surface area contributed by atoms with Gasteiger partial charge in [-0.05, 0) is 6.29 Å². The van der Waals surface area contributed by atoms with Gasteiger partial charge in [0.15, 0.2) is 0 Å². The molecule has 0 aliphatic heterocycles. The molecule has 0 amide bonds. The zero-order valence-corrected chi connectivity index (χ0v) is 10.8. The van der Waals surface area contributed by atoms with Crippen molar-refractivity contribution in [1.29, 1.82) is 0 Å². The smallest absolute Gasteiger partial charge is 0 e. The van der Waals surface area contributed by atoms with Gasteiger partial charge in [0.25, 0.3) is 0 Å². The number of allylic oxidation sites excluding steroid dienone is 1. The van der Waals surface area contributed by atoms with Crippen LogP contribution < -0.4 is 0 Å². The summed E-state index contributed by atoms with van der Waals surface area (Å²) < 4.78 is 0. The molecule has 0 spiro atoms. The summed E-state index contributed by atoms with van der Waals surface area (Å²) in [5.41, 5.74) is 0. The number of rotatable bonds is 1. The van der Waals surface area contributed by atoms with Gasteiger partial charge in [-0.15, -0.1) is 0 Å². The maximum Gasteiger partial charge on any atom is 0 e. The van der Waals surface area contributed by atoms with Crippen molar-refractivity contribution in [3.8, 4) is 0 Å². The van der Waals surface area contributed by atoms with Gasteiger partial charge in [0.1, 0.15) is 0 Å². The summed E-state index contributed by atoms with van der Waals surface area (Å²) in [6.45, 7) is 3.06. The van der Waals surface area contributed by atoms with E-state index in [1.807, 2.05) is 0 Å². The Kier molecular flexibility index (Phi) is 93.6. The molecule has 0 aliphatic carbocycles. The van der Waals surface area contributed by atoms with Crippen LogP contribution in [0, 0.1) is 0 Å². The molecule has 0 atom stereocenters. The summed E-state index contributed by atoms with van der Waals surface area (Å²) in [4.78, 5) is 8.93. The first kappa shape index (κ1) is 24.1. The molecule has 0 aromatic heterocycles. The van der Waals surface area contributed by atoms with E-state index in [9.17, 15) is 0 Å². The molecule has 1 radical (unpaired) electrons. The van der Waals surface area contributed by atoms with Crippen molar-refractivity contribution >= 4 is 6.29 Å². The van der Waals surface area contributed by atoms with E-state index < -0.39 is 0 Å². The Morgan fingerprint density at radius 1 is 1.43 bits per heavy atom. The van der Waals surface area contributed by atoms with E-state index in [-0.39, 0.29) is 56.0 Å². The van der Waals surface area contributed by atoms with Gasteiger partial charge in [-0.3, -0.25) is 0 Å². The van der Waals surface area contributed by atoms with Crippen LogP contribution in [-0.2, 0) is 60.8 Å². The number of hydrogen-bond donors (Lipinski definition) is 0. The Labute approximate surface area is 79.3 Å². The van der Waals surface area contributed by atoms with Gasteiger partial charge in [-0.1, -0.05) is 0 Å². The molecule has 0 heterocycles. The predicted molar refractivity (Wildman–Crippen MR) is 15.9 cm³/mol. The minimum Gasteiger partial charge on any atom is -0.419 e. The van der Waals surface area contributed by atoms with E-state index in [0.29, 0.717) is 0 Å². The average Bonchev–Trinajstić information content (AvgIpc) is 1.37. The van der Waals surface area contributed by atoms with E-state index in [1.54, 1.807) is 0 Å². The minimum atomic E-state index is 0. The van der Waals surface area contributed by atoms with Gasteiger partial charge in [-0.25, -0.2) is 12.7 Å². The fraction of sp³-hybridized carbons (Fsp3) is 0. The number of carbonyl (C=O) groups excluding carboxylic acids is 1. The van der Waals surface area contributed by atoms with Crippen molar-refractivity contribution in [3.63, 3.8) is 0 Å². The third-order valence-electron chi connectivity index (χ3n) is 0.0833. The van der Waals surface area contributed by atoms with Gasteiger partial charge in [-0.2, -0.15) is 0 Å². The van der Waals surface area contributed by atoms with Crippen LogP contribution in [-0.4, -0.2) is 6.29 Å². The monoisotopic (exact) mass is 246 g/mol. The van der Waals surface area contributed by atoms with Crippen LogP contribution in [0.1, 0.15) is 0 Å². The first-order valence-electron chi connectivity index (χ1n) is 0.901. The van der Waals surface area contributed by atoms with E-state index >= 15 is 0 Å². The van der Waals surface area contributed by atoms with Crippen LogP contribution in [0.5, 0.6) is 0 Å². The fourth-order valence-electron chi connectivity index (χ4n) is 0. The fourth-order valence-corrected chi connectivity index (χ4v) is 0. The predicted octanol–water partition coefficient (Wildman–Crippen LogP) is 0.275. The molecule has 37 valence electrons. The van der Waals surface area contributed by atoms with Gasteiger partial charge in [0.05, 0.1) is 0 Å². The molecule has 0 fully saturated rings. The Bertz CT molecular complexity index is 33.9. The molecule has 0 saturated carbocycles. The van der Waals surface area contributed by atoms with Crippen LogP contribution in [0.15, 0.2) is 12.7 Å². The van der Waals surface area contributed by atoms with Crippen LogP contribution in [0.25, 0.3) is 0 Å². The second kappa shape index (κ2) is 27.1. The van der Waals surface area contributed by atoms with Gasteiger partial charge in [0, 0.05) is 56.0 Å². The maximum atomic E-state index is 8.93. The van der Waals surface area contributed by atoms with Crippen molar-refractivity contribution in [1.82, 2.24) is 0 Å². The third-order valence-corrected chi connectivity index (χ3v) is 0.0833. The largest absolute Gasteiger partial charge is 0.419 e. The second-order valence-electron chi connectivity index (χ2n) is 0.322. The summed E-state index contributed by atoms with van der Waals surface area (Å²) in [5, 5.41) is 0. The molecule has 0 N–H and O–H groups in total. The molecular formula is C3H3CuOZn2-. The molecule has 1 nitrogen and oxygen atoms in total. The van der Waals surface area contributed by atoms with Gasteiger partial charge >= 0.3 is 0 Å². The van der Waals surface area contributed by atoms with Crippen LogP contribution >= 0.6 is 0 Å². The summed E-state index contributed by atoms with van der Waals surface area (Å²) in [5.74, 6) is 0. The molecule has 0 unspecified atom stereocenters. The minimum absolute atomic E-state index is 0. The Balaban J connectivity index is -0.0000000150. The average molecular weight is 249 g/mol. The zero-order valence-electron chi connectivity index (χ0n) is 3.91. The topological polar surface area (TPSA) is 17.1 Å². The number of hydrogen-bond acceptors (Lipinski definition) is 1. The first-order chi connectivity index (χ1) is 1.91. The molecule has 0 rings (SSSR count). The molecule has 0 aromatic carbocycles. The van der Waals surface area contributed by atoms with E-state index in [1.165, 1.54) is 6.29 Å². The van der Waals surface area contributed by atoms with Crippen molar-refractivity contribution in [2.75, 3.05) is 0 Å². The normalized spacial score (nSPS) is 2.86. The molecule has 4 heteroatoms. The van der Waals surface area contributed by atoms with E-state index in [4.69, 9.17) is 4.79 Å². The molecule has 0 saturated heterocycles. The Morgan fingerprint density at radius 2 is 1.57 bits per heavy atom. The molecular weight excluding hydrogens is 246 g/mol. The van der Waals surface area contributed by atoms with Crippen molar-refractivity contribution < 1.29 is 60.8 Å². The molecule has 0 bridgehead atoms. The quantitative estimate of drug-likeness (QED) is 0.370. The second-order valence-corrected chi connectivity index (χ2v) is 0.322. The third kappa shape index (κ3) is 40.6. The summed E-state index contributed by atoms with van der Waals surface area (Å²) in [6.07, 6.45) is 2.51. The first-order valence-corrected chi connectivity index (χ1v) is 0.901. The van der Waals surface area contributed by atoms with Gasteiger partial charge < -0.3 is 4.79 Å². The molecule has 0 aromatic rings. The molecule has 7 heavy (non-hydrogen) atoms. The van der Waals surface area contributed by atoms with E-state index in [2.05, 4.69) is 6.58 Å². The Hall–Kier alpha value is 1.18. The molecule has 0 aliphatic rings. The standard InChI is InChI=1S/C3H3O.Cu.2Zn/c1-2-3-4;;;/h2H,1H2;;;/q-1;;;. The SMILES string of the molecule is C=C[C-]=O.[Cu].[Zn].[Zn]. The Morgan fingerprint density at radius 3 is 1.57 bits per heavy atom. The van der Waals surface area contributed by atoms with Crippen LogP contribution in [0.2, 0.25) is 0 Å². The van der Waals surface area contributed by atoms with Crippen LogP contribution in [0.3, 0.4) is 0 Å². The van der Waals surface area contributed by atoms with Crippen molar-refractivity contribution in [2.24, 2.45) is 0 Å². The summed E-state index contributed by atoms with van der Waals surface area (Å²) in [6, 6.07) is 0. The maximum absolute atomic E-state index is 8.93.